The second-order valence-corrected chi connectivity index (χ2v) is 6.24. The molecule has 122 valence electrons. The van der Waals surface area contributed by atoms with Crippen LogP contribution in [0.2, 0.25) is 0 Å². The maximum atomic E-state index is 8.71. The number of piperidine rings is 1. The number of hydrogen-bond acceptors (Lipinski definition) is 4. The van der Waals surface area contributed by atoms with Gasteiger partial charge in [-0.05, 0) is 68.1 Å². The molecule has 0 aliphatic carbocycles. The van der Waals surface area contributed by atoms with Crippen LogP contribution in [0, 0.1) is 0 Å². The van der Waals surface area contributed by atoms with Gasteiger partial charge in [-0.3, -0.25) is 0 Å². The zero-order valence-corrected chi connectivity index (χ0v) is 13.6. The number of anilines is 3. The third kappa shape index (κ3) is 4.03. The maximum absolute atomic E-state index is 8.71. The fourth-order valence-electron chi connectivity index (χ4n) is 3.18. The summed E-state index contributed by atoms with van der Waals surface area (Å²) in [6, 6.07) is 17.4. The molecule has 0 saturated carbocycles. The molecule has 1 atom stereocenters. The Morgan fingerprint density at radius 3 is 2.26 bits per heavy atom. The van der Waals surface area contributed by atoms with E-state index in [9.17, 15) is 0 Å². The molecule has 1 fully saturated rings. The van der Waals surface area contributed by atoms with Gasteiger partial charge in [-0.1, -0.05) is 12.1 Å². The normalized spacial score (nSPS) is 18.0. The molecule has 4 heteroatoms. The van der Waals surface area contributed by atoms with Crippen LogP contribution < -0.4 is 15.7 Å². The van der Waals surface area contributed by atoms with E-state index in [4.69, 9.17) is 5.21 Å². The average molecular weight is 311 g/mol. The second kappa shape index (κ2) is 7.49. The van der Waals surface area contributed by atoms with E-state index < -0.39 is 0 Å². The van der Waals surface area contributed by atoms with E-state index in [1.165, 1.54) is 24.9 Å². The first-order valence-corrected chi connectivity index (χ1v) is 8.36. The Kier molecular flexibility index (Phi) is 5.16. The van der Waals surface area contributed by atoms with Gasteiger partial charge in [0, 0.05) is 36.2 Å². The Balaban J connectivity index is 1.65. The Morgan fingerprint density at radius 1 is 1.00 bits per heavy atom. The molecule has 3 rings (SSSR count). The minimum atomic E-state index is 0.461. The van der Waals surface area contributed by atoms with Crippen LogP contribution in [0.15, 0.2) is 48.5 Å². The Morgan fingerprint density at radius 2 is 1.65 bits per heavy atom. The summed E-state index contributed by atoms with van der Waals surface area (Å²) in [4.78, 5) is 2.50. The fraction of sp³-hybridized carbons (Fsp3) is 0.368. The lowest BCUT2D eigenvalue weighted by molar-refractivity contribution is 0.161. The molecule has 1 heterocycles. The molecule has 0 spiro atoms. The van der Waals surface area contributed by atoms with Crippen molar-refractivity contribution < 1.29 is 5.21 Å². The Labute approximate surface area is 138 Å². The first-order chi connectivity index (χ1) is 11.3. The lowest BCUT2D eigenvalue weighted by atomic mass is 10.0. The zero-order chi connectivity index (χ0) is 16.1. The van der Waals surface area contributed by atoms with Gasteiger partial charge < -0.3 is 15.4 Å². The van der Waals surface area contributed by atoms with E-state index in [1.54, 1.807) is 0 Å². The number of nitrogens with one attached hydrogen (secondary N) is 2. The molecular weight excluding hydrogens is 286 g/mol. The van der Waals surface area contributed by atoms with Gasteiger partial charge >= 0.3 is 0 Å². The lowest BCUT2D eigenvalue weighted by Crippen LogP contribution is -2.37. The van der Waals surface area contributed by atoms with Crippen molar-refractivity contribution in [1.29, 1.82) is 0 Å². The van der Waals surface area contributed by atoms with Gasteiger partial charge in [0.15, 0.2) is 0 Å². The van der Waals surface area contributed by atoms with Gasteiger partial charge in [-0.2, -0.15) is 0 Å². The van der Waals surface area contributed by atoms with Crippen molar-refractivity contribution in [3.63, 3.8) is 0 Å². The molecule has 1 aliphatic rings. The van der Waals surface area contributed by atoms with E-state index in [2.05, 4.69) is 46.9 Å². The summed E-state index contributed by atoms with van der Waals surface area (Å²) in [6.45, 7) is 3.94. The fourth-order valence-corrected chi connectivity index (χ4v) is 3.18. The van der Waals surface area contributed by atoms with Crippen molar-refractivity contribution in [2.24, 2.45) is 0 Å². The largest absolute Gasteiger partial charge is 0.369 e. The van der Waals surface area contributed by atoms with Crippen LogP contribution in [0.25, 0.3) is 0 Å². The maximum Gasteiger partial charge on any atom is 0.0458 e. The quantitative estimate of drug-likeness (QED) is 0.721. The summed E-state index contributed by atoms with van der Waals surface area (Å²) in [5.74, 6) is 0. The highest BCUT2D eigenvalue weighted by molar-refractivity contribution is 5.63. The molecule has 0 bridgehead atoms. The smallest absolute Gasteiger partial charge is 0.0458 e. The number of hydroxylamine groups is 1. The molecule has 0 aromatic heterocycles. The Hall–Kier alpha value is -2.04. The minimum absolute atomic E-state index is 0.461. The highest BCUT2D eigenvalue weighted by Crippen LogP contribution is 2.26. The summed E-state index contributed by atoms with van der Waals surface area (Å²) in [5, 5.41) is 12.1. The van der Waals surface area contributed by atoms with Crippen molar-refractivity contribution in [2.45, 2.75) is 38.8 Å². The molecule has 1 unspecified atom stereocenters. The number of nitrogens with zero attached hydrogens (tertiary/aromatic N) is 1. The molecule has 2 aromatic carbocycles. The molecule has 0 radical (unpaired) electrons. The van der Waals surface area contributed by atoms with Crippen LogP contribution in [0.4, 0.5) is 17.1 Å². The number of rotatable bonds is 5. The van der Waals surface area contributed by atoms with E-state index in [0.717, 1.165) is 23.5 Å². The van der Waals surface area contributed by atoms with Crippen molar-refractivity contribution in [1.82, 2.24) is 5.48 Å². The highest BCUT2D eigenvalue weighted by atomic mass is 16.5. The van der Waals surface area contributed by atoms with Crippen LogP contribution in [0.5, 0.6) is 0 Å². The van der Waals surface area contributed by atoms with Crippen LogP contribution in [0.3, 0.4) is 0 Å². The van der Waals surface area contributed by atoms with Crippen LogP contribution in [-0.4, -0.2) is 17.8 Å². The topological polar surface area (TPSA) is 47.5 Å². The summed E-state index contributed by atoms with van der Waals surface area (Å²) in [6.07, 6.45) is 3.92. The summed E-state index contributed by atoms with van der Waals surface area (Å²) in [5.41, 5.74) is 6.67. The summed E-state index contributed by atoms with van der Waals surface area (Å²) in [7, 11) is 0. The third-order valence-corrected chi connectivity index (χ3v) is 4.53. The molecule has 2 aromatic rings. The SMILES string of the molecule is CC1CCCCN1c1ccc(Nc2ccc(CNO)cc2)cc1. The predicted octanol–water partition coefficient (Wildman–Crippen LogP) is 4.29. The summed E-state index contributed by atoms with van der Waals surface area (Å²) < 4.78 is 0. The van der Waals surface area contributed by atoms with E-state index in [1.807, 2.05) is 24.3 Å². The second-order valence-electron chi connectivity index (χ2n) is 6.24. The summed E-state index contributed by atoms with van der Waals surface area (Å²) >= 11 is 0. The van der Waals surface area contributed by atoms with Gasteiger partial charge in [0.2, 0.25) is 0 Å². The number of benzene rings is 2. The van der Waals surface area contributed by atoms with Crippen molar-refractivity contribution in [2.75, 3.05) is 16.8 Å². The zero-order valence-electron chi connectivity index (χ0n) is 13.6. The first kappa shape index (κ1) is 15.8. The molecular formula is C19H25N3O. The highest BCUT2D eigenvalue weighted by Gasteiger charge is 2.18. The van der Waals surface area contributed by atoms with Crippen molar-refractivity contribution >= 4 is 17.1 Å². The number of hydrogen-bond donors (Lipinski definition) is 3. The monoisotopic (exact) mass is 311 g/mol. The van der Waals surface area contributed by atoms with E-state index in [0.29, 0.717) is 12.6 Å². The molecule has 4 nitrogen and oxygen atoms in total. The van der Waals surface area contributed by atoms with Crippen LogP contribution in [-0.2, 0) is 6.54 Å². The van der Waals surface area contributed by atoms with Gasteiger partial charge in [0.05, 0.1) is 0 Å². The van der Waals surface area contributed by atoms with Gasteiger partial charge in [-0.15, -0.1) is 0 Å². The molecule has 1 saturated heterocycles. The average Bonchev–Trinajstić information content (AvgIpc) is 2.58. The van der Waals surface area contributed by atoms with Crippen molar-refractivity contribution in [3.05, 3.63) is 54.1 Å². The van der Waals surface area contributed by atoms with Crippen LogP contribution in [0.1, 0.15) is 31.7 Å². The molecule has 23 heavy (non-hydrogen) atoms. The van der Waals surface area contributed by atoms with Crippen LogP contribution >= 0.6 is 0 Å². The van der Waals surface area contributed by atoms with Crippen molar-refractivity contribution in [3.8, 4) is 0 Å². The van der Waals surface area contributed by atoms with Gasteiger partial charge in [-0.25, -0.2) is 5.48 Å². The predicted molar refractivity (Wildman–Crippen MR) is 95.5 cm³/mol. The first-order valence-electron chi connectivity index (χ1n) is 8.36. The van der Waals surface area contributed by atoms with Gasteiger partial charge in [0.1, 0.15) is 0 Å². The molecule has 1 aliphatic heterocycles. The third-order valence-electron chi connectivity index (χ3n) is 4.53. The molecule has 0 amide bonds. The van der Waals surface area contributed by atoms with E-state index in [-0.39, 0.29) is 0 Å². The van der Waals surface area contributed by atoms with E-state index >= 15 is 0 Å². The Bertz CT molecular complexity index is 610. The molecule has 3 N–H and O–H groups in total. The van der Waals surface area contributed by atoms with Gasteiger partial charge in [0.25, 0.3) is 0 Å². The lowest BCUT2D eigenvalue weighted by Gasteiger charge is -2.35. The standard InChI is InChI=1S/C19H25N3O/c1-15-4-2-3-13-22(15)19-11-9-18(10-12-19)21-17-7-5-16(6-8-17)14-20-23/h5-12,15,20-21,23H,2-4,13-14H2,1H3. The minimum Gasteiger partial charge on any atom is -0.369 e.